The van der Waals surface area contributed by atoms with Crippen molar-refractivity contribution in [3.8, 4) is 0 Å². The molecule has 0 aromatic heterocycles. The first kappa shape index (κ1) is 16.5. The topological polar surface area (TPSA) is 103 Å². The Labute approximate surface area is 89.7 Å². The predicted octanol–water partition coefficient (Wildman–Crippen LogP) is -1.30. The van der Waals surface area contributed by atoms with Crippen LogP contribution in [0.2, 0.25) is 0 Å². The van der Waals surface area contributed by atoms with Gasteiger partial charge in [-0.2, -0.15) is 0 Å². The Kier molecular flexibility index (Phi) is 7.71. The van der Waals surface area contributed by atoms with Crippen molar-refractivity contribution < 1.29 is 22.6 Å². The lowest BCUT2D eigenvalue weighted by Crippen LogP contribution is -2.41. The number of nitrogens with zero attached hydrogens (tertiary/aromatic N) is 1. The molecular weight excluding hydrogens is 232 g/mol. The van der Waals surface area contributed by atoms with Gasteiger partial charge in [0.15, 0.2) is 10.3 Å². The molecule has 88 valence electrons. The quantitative estimate of drug-likeness (QED) is 0.368. The van der Waals surface area contributed by atoms with Gasteiger partial charge in [0.25, 0.3) is 0 Å². The van der Waals surface area contributed by atoms with Crippen molar-refractivity contribution in [1.82, 2.24) is 0 Å². The van der Waals surface area contributed by atoms with Crippen LogP contribution in [0.15, 0.2) is 0 Å². The van der Waals surface area contributed by atoms with Gasteiger partial charge in [0.2, 0.25) is 0 Å². The van der Waals surface area contributed by atoms with Crippen molar-refractivity contribution in [2.24, 2.45) is 5.14 Å². The Hall–Kier alpha value is 0.0800. The third kappa shape index (κ3) is 29.6. The standard InChI is InChI=1S/C6H15ClNO.H3NO3S/c1-8(2,3)5-6(9)4-7;1-5(2,3)4/h6,9H,4-5H2,1-3H3;(H3,1,2,3,4)/q+1;/p-1. The second-order valence-corrected chi connectivity index (χ2v) is 5.07. The maximum atomic E-state index is 9.05. The number of nitrogens with two attached hydrogens (primary N) is 1. The molecule has 1 unspecified atom stereocenters. The van der Waals surface area contributed by atoms with Gasteiger partial charge in [0.05, 0.1) is 27.0 Å². The van der Waals surface area contributed by atoms with Crippen molar-refractivity contribution in [2.45, 2.75) is 6.10 Å². The van der Waals surface area contributed by atoms with Gasteiger partial charge in [-0.3, -0.25) is 0 Å². The summed E-state index contributed by atoms with van der Waals surface area (Å²) in [4.78, 5) is 0. The molecule has 0 saturated heterocycles. The molecule has 6 nitrogen and oxygen atoms in total. The molecule has 0 fully saturated rings. The smallest absolute Gasteiger partial charge is 0.156 e. The highest BCUT2D eigenvalue weighted by Crippen LogP contribution is 1.95. The van der Waals surface area contributed by atoms with E-state index in [1.165, 1.54) is 0 Å². The van der Waals surface area contributed by atoms with Gasteiger partial charge in [0, 0.05) is 0 Å². The van der Waals surface area contributed by atoms with Gasteiger partial charge in [-0.25, -0.2) is 13.6 Å². The number of alkyl halides is 1. The van der Waals surface area contributed by atoms with Gasteiger partial charge >= 0.3 is 0 Å². The van der Waals surface area contributed by atoms with Crippen LogP contribution in [0.1, 0.15) is 0 Å². The van der Waals surface area contributed by atoms with Gasteiger partial charge in [-0.1, -0.05) is 0 Å². The minimum Gasteiger partial charge on any atom is -0.736 e. The third-order valence-electron chi connectivity index (χ3n) is 0.937. The zero-order valence-corrected chi connectivity index (χ0v) is 10.0. The lowest BCUT2D eigenvalue weighted by atomic mass is 10.3. The summed E-state index contributed by atoms with van der Waals surface area (Å²) in [6, 6.07) is 0. The molecule has 0 spiro atoms. The lowest BCUT2D eigenvalue weighted by Gasteiger charge is -2.25. The van der Waals surface area contributed by atoms with Crippen LogP contribution in [0.3, 0.4) is 0 Å². The van der Waals surface area contributed by atoms with E-state index in [9.17, 15) is 0 Å². The number of likely N-dealkylation sites (N-methyl/N-ethyl adjacent to an activating group) is 1. The van der Waals surface area contributed by atoms with Gasteiger partial charge < -0.3 is 14.1 Å². The van der Waals surface area contributed by atoms with Crippen LogP contribution in [0, 0.1) is 0 Å². The second-order valence-electron chi connectivity index (χ2n) is 3.77. The van der Waals surface area contributed by atoms with E-state index in [0.29, 0.717) is 12.4 Å². The van der Waals surface area contributed by atoms with Crippen LogP contribution >= 0.6 is 11.6 Å². The fraction of sp³-hybridized carbons (Fsp3) is 1.00. The molecule has 0 aromatic carbocycles. The highest BCUT2D eigenvalue weighted by molar-refractivity contribution is 7.83. The van der Waals surface area contributed by atoms with E-state index in [4.69, 9.17) is 29.7 Å². The first-order chi connectivity index (χ1) is 5.95. The summed E-state index contributed by atoms with van der Waals surface area (Å²) in [5, 5.41) is 12.8. The summed E-state index contributed by atoms with van der Waals surface area (Å²) in [7, 11) is 1.65. The number of hydrogen-bond donors (Lipinski definition) is 2. The fourth-order valence-corrected chi connectivity index (χ4v) is 0.779. The molecule has 1 atom stereocenters. The van der Waals surface area contributed by atoms with E-state index in [0.717, 1.165) is 4.48 Å². The van der Waals surface area contributed by atoms with E-state index in [2.05, 4.69) is 5.14 Å². The minimum atomic E-state index is -4.42. The van der Waals surface area contributed by atoms with Crippen molar-refractivity contribution in [1.29, 1.82) is 0 Å². The number of aliphatic hydroxyl groups excluding tert-OH is 1. The SMILES string of the molecule is C[N+](C)(C)CC(O)CCl.NS(=O)(=O)[O-]. The van der Waals surface area contributed by atoms with E-state index >= 15 is 0 Å². The summed E-state index contributed by atoms with van der Waals surface area (Å²) in [6.45, 7) is 0.712. The maximum absolute atomic E-state index is 9.05. The zero-order valence-electron chi connectivity index (χ0n) is 8.47. The Balaban J connectivity index is 0. The van der Waals surface area contributed by atoms with Crippen LogP contribution in [-0.2, 0) is 10.3 Å². The van der Waals surface area contributed by atoms with Crippen molar-refractivity contribution in [2.75, 3.05) is 33.6 Å². The summed E-state index contributed by atoms with van der Waals surface area (Å²) in [6.07, 6.45) is -0.369. The minimum absolute atomic E-state index is 0.329. The highest BCUT2D eigenvalue weighted by atomic mass is 35.5. The van der Waals surface area contributed by atoms with Crippen LogP contribution in [0.4, 0.5) is 0 Å². The first-order valence-corrected chi connectivity index (χ1v) is 5.74. The predicted molar refractivity (Wildman–Crippen MR) is 53.5 cm³/mol. The second kappa shape index (κ2) is 6.54. The summed E-state index contributed by atoms with van der Waals surface area (Å²) in [5.74, 6) is 0.329. The van der Waals surface area contributed by atoms with Crippen molar-refractivity contribution in [3.63, 3.8) is 0 Å². The molecule has 8 heteroatoms. The summed E-state index contributed by atoms with van der Waals surface area (Å²) in [5.41, 5.74) is 0. The van der Waals surface area contributed by atoms with Crippen LogP contribution < -0.4 is 5.14 Å². The Morgan fingerprint density at radius 3 is 1.86 bits per heavy atom. The monoisotopic (exact) mass is 248 g/mol. The molecule has 3 N–H and O–H groups in total. The zero-order chi connectivity index (χ0) is 12.0. The van der Waals surface area contributed by atoms with Gasteiger partial charge in [-0.15, -0.1) is 11.6 Å². The summed E-state index contributed by atoms with van der Waals surface area (Å²) < 4.78 is 27.3. The highest BCUT2D eigenvalue weighted by Gasteiger charge is 2.13. The maximum Gasteiger partial charge on any atom is 0.156 e. The molecule has 0 saturated carbocycles. The van der Waals surface area contributed by atoms with E-state index in [-0.39, 0.29) is 6.10 Å². The van der Waals surface area contributed by atoms with Crippen molar-refractivity contribution in [3.05, 3.63) is 0 Å². The number of halogens is 1. The third-order valence-corrected chi connectivity index (χ3v) is 1.29. The Morgan fingerprint density at radius 2 is 1.79 bits per heavy atom. The molecule has 0 rings (SSSR count). The molecule has 14 heavy (non-hydrogen) atoms. The average Bonchev–Trinajstić information content (AvgIpc) is 1.79. The molecule has 0 radical (unpaired) electrons. The molecule has 0 aliphatic rings. The van der Waals surface area contributed by atoms with E-state index < -0.39 is 10.3 Å². The molecule has 0 amide bonds. The first-order valence-electron chi connectivity index (χ1n) is 3.74. The Bertz CT molecular complexity index is 229. The van der Waals surface area contributed by atoms with Crippen LogP contribution in [0.25, 0.3) is 0 Å². The number of rotatable bonds is 3. The lowest BCUT2D eigenvalue weighted by molar-refractivity contribution is -0.873. The van der Waals surface area contributed by atoms with Crippen LogP contribution in [0.5, 0.6) is 0 Å². The molecular formula is C6H17ClN2O4S. The fourth-order valence-electron chi connectivity index (χ4n) is 0.681. The summed E-state index contributed by atoms with van der Waals surface area (Å²) >= 11 is 5.40. The normalized spacial score (nSPS) is 14.2. The van der Waals surface area contributed by atoms with Gasteiger partial charge in [0.1, 0.15) is 12.6 Å². The molecule has 0 aliphatic heterocycles. The van der Waals surface area contributed by atoms with Crippen LogP contribution in [-0.4, -0.2) is 62.2 Å². The number of aliphatic hydroxyl groups is 1. The number of quaternary nitrogens is 1. The van der Waals surface area contributed by atoms with Gasteiger partial charge in [-0.05, 0) is 0 Å². The molecule has 0 heterocycles. The number of hydrogen-bond acceptors (Lipinski definition) is 4. The van der Waals surface area contributed by atoms with Crippen molar-refractivity contribution >= 4 is 21.9 Å². The molecule has 0 bridgehead atoms. The van der Waals surface area contributed by atoms with E-state index in [1.54, 1.807) is 0 Å². The molecule has 0 aliphatic carbocycles. The average molecular weight is 249 g/mol. The Morgan fingerprint density at radius 1 is 1.50 bits per heavy atom. The molecule has 0 aromatic rings. The van der Waals surface area contributed by atoms with E-state index in [1.807, 2.05) is 21.1 Å². The largest absolute Gasteiger partial charge is 0.736 e.